The van der Waals surface area contributed by atoms with Crippen molar-refractivity contribution in [2.24, 2.45) is 5.73 Å². The number of amides is 1. The van der Waals surface area contributed by atoms with Gasteiger partial charge in [-0.05, 0) is 31.4 Å². The minimum atomic E-state index is -0.704. The molecule has 0 saturated heterocycles. The fourth-order valence-corrected chi connectivity index (χ4v) is 2.19. The minimum absolute atomic E-state index is 0.103. The summed E-state index contributed by atoms with van der Waals surface area (Å²) in [6.07, 6.45) is 6.51. The Morgan fingerprint density at radius 1 is 1.35 bits per heavy atom. The summed E-state index contributed by atoms with van der Waals surface area (Å²) in [7, 11) is 0. The lowest BCUT2D eigenvalue weighted by molar-refractivity contribution is -0.122. The van der Waals surface area contributed by atoms with Crippen LogP contribution in [0.25, 0.3) is 0 Å². The molecule has 1 aliphatic carbocycles. The Morgan fingerprint density at radius 3 is 2.65 bits per heavy atom. The van der Waals surface area contributed by atoms with Crippen LogP contribution in [0.15, 0.2) is 18.3 Å². The normalized spacial score (nSPS) is 18.7. The fraction of sp³-hybridized carbons (Fsp3) is 0.538. The molecule has 2 rings (SSSR count). The molecule has 0 aromatic carbocycles. The molecule has 0 bridgehead atoms. The second kappa shape index (κ2) is 4.84. The van der Waals surface area contributed by atoms with Gasteiger partial charge in [0.2, 0.25) is 5.91 Å². The zero-order chi connectivity index (χ0) is 12.3. The quantitative estimate of drug-likeness (QED) is 0.820. The summed E-state index contributed by atoms with van der Waals surface area (Å²) in [6, 6.07) is 3.73. The van der Waals surface area contributed by atoms with Gasteiger partial charge in [-0.3, -0.25) is 4.79 Å². The zero-order valence-corrected chi connectivity index (χ0v) is 10.2. The van der Waals surface area contributed by atoms with E-state index < -0.39 is 5.54 Å². The molecular weight excluding hydrogens is 214 g/mol. The van der Waals surface area contributed by atoms with Crippen LogP contribution in [0, 0.1) is 6.92 Å². The SMILES string of the molecule is Cc1ccc(NC(=O)C2(N)CCCCC2)nc1. The van der Waals surface area contributed by atoms with E-state index in [0.717, 1.165) is 31.2 Å². The van der Waals surface area contributed by atoms with Gasteiger partial charge in [-0.25, -0.2) is 4.98 Å². The van der Waals surface area contributed by atoms with Gasteiger partial charge in [-0.2, -0.15) is 0 Å². The maximum Gasteiger partial charge on any atom is 0.245 e. The monoisotopic (exact) mass is 233 g/mol. The van der Waals surface area contributed by atoms with E-state index >= 15 is 0 Å². The van der Waals surface area contributed by atoms with Crippen LogP contribution in [0.1, 0.15) is 37.7 Å². The predicted molar refractivity (Wildman–Crippen MR) is 67.6 cm³/mol. The molecule has 1 fully saturated rings. The van der Waals surface area contributed by atoms with Crippen LogP contribution in [0.2, 0.25) is 0 Å². The topological polar surface area (TPSA) is 68.0 Å². The standard InChI is InChI=1S/C13H19N3O/c1-10-5-6-11(15-9-10)16-12(17)13(14)7-3-2-4-8-13/h5-6,9H,2-4,7-8,14H2,1H3,(H,15,16,17). The third-order valence-corrected chi connectivity index (χ3v) is 3.35. The molecule has 0 atom stereocenters. The first-order chi connectivity index (χ1) is 8.10. The molecule has 1 aromatic rings. The van der Waals surface area contributed by atoms with Gasteiger partial charge in [0, 0.05) is 6.20 Å². The van der Waals surface area contributed by atoms with Crippen LogP contribution < -0.4 is 11.1 Å². The molecule has 1 heterocycles. The summed E-state index contributed by atoms with van der Waals surface area (Å²) in [5.74, 6) is 0.476. The van der Waals surface area contributed by atoms with E-state index in [1.807, 2.05) is 13.0 Å². The molecular formula is C13H19N3O. The highest BCUT2D eigenvalue weighted by atomic mass is 16.2. The van der Waals surface area contributed by atoms with Crippen molar-refractivity contribution in [2.75, 3.05) is 5.32 Å². The van der Waals surface area contributed by atoms with Crippen molar-refractivity contribution in [2.45, 2.75) is 44.6 Å². The number of aromatic nitrogens is 1. The Hall–Kier alpha value is -1.42. The van der Waals surface area contributed by atoms with E-state index in [1.54, 1.807) is 12.3 Å². The summed E-state index contributed by atoms with van der Waals surface area (Å²) < 4.78 is 0. The molecule has 4 heteroatoms. The number of pyridine rings is 1. The number of nitrogens with two attached hydrogens (primary N) is 1. The summed E-state index contributed by atoms with van der Waals surface area (Å²) in [5, 5.41) is 2.80. The average Bonchev–Trinajstić information content (AvgIpc) is 2.33. The summed E-state index contributed by atoms with van der Waals surface area (Å²) in [4.78, 5) is 16.3. The van der Waals surface area contributed by atoms with E-state index in [4.69, 9.17) is 5.73 Å². The van der Waals surface area contributed by atoms with Crippen LogP contribution in [-0.4, -0.2) is 16.4 Å². The molecule has 1 aromatic heterocycles. The number of nitrogens with zero attached hydrogens (tertiary/aromatic N) is 1. The summed E-state index contributed by atoms with van der Waals surface area (Å²) >= 11 is 0. The lowest BCUT2D eigenvalue weighted by Crippen LogP contribution is -2.52. The van der Waals surface area contributed by atoms with E-state index in [2.05, 4.69) is 10.3 Å². The van der Waals surface area contributed by atoms with Crippen molar-refractivity contribution in [1.82, 2.24) is 4.98 Å². The number of nitrogens with one attached hydrogen (secondary N) is 1. The first-order valence-electron chi connectivity index (χ1n) is 6.13. The van der Waals surface area contributed by atoms with Gasteiger partial charge in [0.1, 0.15) is 5.82 Å². The lowest BCUT2D eigenvalue weighted by Gasteiger charge is -2.31. The smallest absolute Gasteiger partial charge is 0.245 e. The largest absolute Gasteiger partial charge is 0.317 e. The molecule has 1 amide bonds. The molecule has 0 spiro atoms. The van der Waals surface area contributed by atoms with Crippen molar-refractivity contribution >= 4 is 11.7 Å². The van der Waals surface area contributed by atoms with Crippen molar-refractivity contribution in [1.29, 1.82) is 0 Å². The number of aryl methyl sites for hydroxylation is 1. The minimum Gasteiger partial charge on any atom is -0.317 e. The van der Waals surface area contributed by atoms with Gasteiger partial charge >= 0.3 is 0 Å². The van der Waals surface area contributed by atoms with Crippen molar-refractivity contribution < 1.29 is 4.79 Å². The fourth-order valence-electron chi connectivity index (χ4n) is 2.19. The van der Waals surface area contributed by atoms with Crippen molar-refractivity contribution in [3.63, 3.8) is 0 Å². The first kappa shape index (κ1) is 12.0. The second-order valence-corrected chi connectivity index (χ2v) is 4.89. The Balaban J connectivity index is 2.03. The van der Waals surface area contributed by atoms with Gasteiger partial charge in [0.05, 0.1) is 5.54 Å². The van der Waals surface area contributed by atoms with Gasteiger partial charge in [0.15, 0.2) is 0 Å². The number of rotatable bonds is 2. The first-order valence-corrected chi connectivity index (χ1v) is 6.13. The summed E-state index contributed by atoms with van der Waals surface area (Å²) in [5.41, 5.74) is 6.51. The van der Waals surface area contributed by atoms with E-state index in [-0.39, 0.29) is 5.91 Å². The van der Waals surface area contributed by atoms with Crippen LogP contribution in [-0.2, 0) is 4.79 Å². The van der Waals surface area contributed by atoms with E-state index in [0.29, 0.717) is 5.82 Å². The van der Waals surface area contributed by atoms with Crippen molar-refractivity contribution in [3.05, 3.63) is 23.9 Å². The van der Waals surface area contributed by atoms with Crippen LogP contribution in [0.5, 0.6) is 0 Å². The number of anilines is 1. The van der Waals surface area contributed by atoms with Crippen molar-refractivity contribution in [3.8, 4) is 0 Å². The Kier molecular flexibility index (Phi) is 3.43. The number of hydrogen-bond donors (Lipinski definition) is 2. The molecule has 4 nitrogen and oxygen atoms in total. The van der Waals surface area contributed by atoms with Gasteiger partial charge in [-0.1, -0.05) is 25.3 Å². The van der Waals surface area contributed by atoms with Crippen LogP contribution >= 0.6 is 0 Å². The average molecular weight is 233 g/mol. The predicted octanol–water partition coefficient (Wildman–Crippen LogP) is 1.99. The summed E-state index contributed by atoms with van der Waals surface area (Å²) in [6.45, 7) is 1.96. The van der Waals surface area contributed by atoms with Gasteiger partial charge in [0.25, 0.3) is 0 Å². The Bertz CT molecular complexity index is 394. The maximum atomic E-state index is 12.1. The van der Waals surface area contributed by atoms with Gasteiger partial charge in [-0.15, -0.1) is 0 Å². The van der Waals surface area contributed by atoms with Crippen LogP contribution in [0.3, 0.4) is 0 Å². The van der Waals surface area contributed by atoms with Crippen LogP contribution in [0.4, 0.5) is 5.82 Å². The molecule has 1 saturated carbocycles. The highest BCUT2D eigenvalue weighted by Crippen LogP contribution is 2.26. The number of hydrogen-bond acceptors (Lipinski definition) is 3. The number of carbonyl (C=O) groups excluding carboxylic acids is 1. The third-order valence-electron chi connectivity index (χ3n) is 3.35. The zero-order valence-electron chi connectivity index (χ0n) is 10.2. The Labute approximate surface area is 102 Å². The maximum absolute atomic E-state index is 12.1. The second-order valence-electron chi connectivity index (χ2n) is 4.89. The highest BCUT2D eigenvalue weighted by molar-refractivity contribution is 5.97. The molecule has 1 aliphatic rings. The third kappa shape index (κ3) is 2.82. The number of carbonyl (C=O) groups is 1. The molecule has 0 aliphatic heterocycles. The molecule has 0 unspecified atom stereocenters. The molecule has 92 valence electrons. The van der Waals surface area contributed by atoms with E-state index in [1.165, 1.54) is 6.42 Å². The van der Waals surface area contributed by atoms with E-state index in [9.17, 15) is 4.79 Å². The highest BCUT2D eigenvalue weighted by Gasteiger charge is 2.35. The molecule has 17 heavy (non-hydrogen) atoms. The molecule has 3 N–H and O–H groups in total. The Morgan fingerprint density at radius 2 is 2.06 bits per heavy atom. The molecule has 0 radical (unpaired) electrons. The lowest BCUT2D eigenvalue weighted by atomic mass is 9.82. The van der Waals surface area contributed by atoms with Gasteiger partial charge < -0.3 is 11.1 Å².